The van der Waals surface area contributed by atoms with Gasteiger partial charge in [-0.2, -0.15) is 5.41 Å². The molecule has 0 saturated heterocycles. The Kier molecular flexibility index (Phi) is 100. The second-order valence-electron chi connectivity index (χ2n) is 2.76. The Morgan fingerprint density at radius 1 is 1.00 bits per heavy atom. The SMILES string of the molecule is CN=[N-].[CH2-]C(C)(C)C.[W+2].[W].[W].[W].[W]. The molecule has 0 heterocycles. The Morgan fingerprint density at radius 2 is 1.00 bits per heavy atom. The molecule has 7 heteroatoms. The Balaban J connectivity index is -0.00000000840. The van der Waals surface area contributed by atoms with Gasteiger partial charge in [0.05, 0.1) is 0 Å². The zero-order valence-electron chi connectivity index (χ0n) is 8.14. The molecule has 0 atom stereocenters. The van der Waals surface area contributed by atoms with E-state index >= 15 is 0 Å². The minimum atomic E-state index is 0. The molecule has 0 aromatic heterocycles. The van der Waals surface area contributed by atoms with Crippen LogP contribution in [0.4, 0.5) is 0 Å². The van der Waals surface area contributed by atoms with Crippen LogP contribution in [0.5, 0.6) is 0 Å². The second-order valence-corrected chi connectivity index (χ2v) is 2.76. The zero-order chi connectivity index (χ0) is 7.21. The van der Waals surface area contributed by atoms with Crippen molar-refractivity contribution in [3.8, 4) is 0 Å². The number of nitrogens with zero attached hydrogens (tertiary/aromatic N) is 2. The Hall–Kier alpha value is 3.04. The van der Waals surface area contributed by atoms with Crippen molar-refractivity contribution in [3.63, 3.8) is 0 Å². The fraction of sp³-hybridized carbons (Fsp3) is 0.833. The molecule has 0 amide bonds. The molecule has 0 aromatic carbocycles. The van der Waals surface area contributed by atoms with Crippen LogP contribution in [0.25, 0.3) is 5.53 Å². The molecule has 0 saturated carbocycles. The third-order valence-electron chi connectivity index (χ3n) is 0. The van der Waals surface area contributed by atoms with Gasteiger partial charge < -0.3 is 17.6 Å². The monoisotopic (exact) mass is 1030 g/mol. The molecule has 0 rings (SSSR count). The molecule has 0 fully saturated rings. The average Bonchev–Trinajstić information content (AvgIpc) is 1.27. The van der Waals surface area contributed by atoms with E-state index in [0.29, 0.717) is 0 Å². The third-order valence-corrected chi connectivity index (χ3v) is 0. The fourth-order valence-electron chi connectivity index (χ4n) is 0. The van der Waals surface area contributed by atoms with Gasteiger partial charge in [-0.25, -0.2) is 0 Å². The minimum absolute atomic E-state index is 0. The standard InChI is InChI=1S/C5H11.CH3N2.5W/c1-5(2,3)4;1-3-2;;;;;/h1H2,2-4H3;1H3;;;;;/q2*-1;;;;;+2. The maximum atomic E-state index is 7.19. The van der Waals surface area contributed by atoms with Crippen molar-refractivity contribution in [2.24, 2.45) is 10.5 Å². The van der Waals surface area contributed by atoms with Crippen LogP contribution < -0.4 is 0 Å². The van der Waals surface area contributed by atoms with Crippen LogP contribution in [-0.4, -0.2) is 7.05 Å². The maximum Gasteiger partial charge on any atom is 2.00 e. The molecule has 2 nitrogen and oxygen atoms in total. The van der Waals surface area contributed by atoms with Crippen molar-refractivity contribution in [1.82, 2.24) is 0 Å². The second kappa shape index (κ2) is 29.4. The van der Waals surface area contributed by atoms with E-state index in [2.05, 4.69) is 32.8 Å². The molecule has 0 aliphatic heterocycles. The number of rotatable bonds is 0. The summed E-state index contributed by atoms with van der Waals surface area (Å²) < 4.78 is 0. The van der Waals surface area contributed by atoms with E-state index in [-0.39, 0.29) is 111 Å². The molecule has 0 aliphatic rings. The Bertz CT molecular complexity index is 58.5. The van der Waals surface area contributed by atoms with Crippen LogP contribution in [0, 0.1) is 12.3 Å². The average molecular weight is 1030 g/mol. The van der Waals surface area contributed by atoms with Gasteiger partial charge >= 0.3 is 21.1 Å². The van der Waals surface area contributed by atoms with Gasteiger partial charge in [-0.15, -0.1) is 0 Å². The molecule has 0 N–H and O–H groups in total. The molecular formula is C6H14N2W5. The number of hydrogen-bond acceptors (Lipinski definition) is 1. The molecular weight excluding hydrogens is 1020 g/mol. The van der Waals surface area contributed by atoms with E-state index in [0.717, 1.165) is 0 Å². The van der Waals surface area contributed by atoms with E-state index in [1.807, 2.05) is 0 Å². The van der Waals surface area contributed by atoms with Gasteiger partial charge in [0.2, 0.25) is 0 Å². The first-order chi connectivity index (χ1) is 3.41. The van der Waals surface area contributed by atoms with E-state index in [9.17, 15) is 0 Å². The molecule has 13 heavy (non-hydrogen) atoms. The summed E-state index contributed by atoms with van der Waals surface area (Å²) in [5, 5.41) is 2.50. The summed E-state index contributed by atoms with van der Waals surface area (Å²) in [5.41, 5.74) is 7.44. The summed E-state index contributed by atoms with van der Waals surface area (Å²) in [5.74, 6) is 0. The molecule has 0 unspecified atom stereocenters. The number of hydrogen-bond donors (Lipinski definition) is 0. The normalized spacial score (nSPS) is 5.62. The van der Waals surface area contributed by atoms with Gasteiger partial charge in [-0.1, -0.05) is 20.8 Å². The van der Waals surface area contributed by atoms with Crippen molar-refractivity contribution in [2.75, 3.05) is 7.05 Å². The van der Waals surface area contributed by atoms with Crippen molar-refractivity contribution < 1.29 is 105 Å². The van der Waals surface area contributed by atoms with Crippen molar-refractivity contribution in [1.29, 1.82) is 0 Å². The minimum Gasteiger partial charge on any atom is -0.712 e. The predicted molar refractivity (Wildman–Crippen MR) is 36.5 cm³/mol. The summed E-state index contributed by atoms with van der Waals surface area (Å²) >= 11 is 0. The van der Waals surface area contributed by atoms with Gasteiger partial charge in [-0.05, 0) is 0 Å². The molecule has 0 spiro atoms. The van der Waals surface area contributed by atoms with Crippen molar-refractivity contribution in [2.45, 2.75) is 20.8 Å². The van der Waals surface area contributed by atoms with Crippen molar-refractivity contribution in [3.05, 3.63) is 12.5 Å². The summed E-state index contributed by atoms with van der Waals surface area (Å²) in [7, 11) is 1.31. The first-order valence-corrected chi connectivity index (χ1v) is 2.50. The molecule has 0 aliphatic carbocycles. The first-order valence-electron chi connectivity index (χ1n) is 2.50. The topological polar surface area (TPSA) is 34.7 Å². The quantitative estimate of drug-likeness (QED) is 0.265. The molecule has 0 radical (unpaired) electrons. The largest absolute Gasteiger partial charge is 2.00 e. The molecule has 0 aromatic rings. The Labute approximate surface area is 154 Å². The van der Waals surface area contributed by atoms with Gasteiger partial charge in [0.1, 0.15) is 0 Å². The van der Waals surface area contributed by atoms with Crippen LogP contribution in [-0.2, 0) is 105 Å². The van der Waals surface area contributed by atoms with E-state index in [4.69, 9.17) is 5.53 Å². The fourth-order valence-corrected chi connectivity index (χ4v) is 0. The molecule has 0 bridgehead atoms. The van der Waals surface area contributed by atoms with Crippen LogP contribution in [0.2, 0.25) is 0 Å². The van der Waals surface area contributed by atoms with Gasteiger partial charge in [-0.3, -0.25) is 0 Å². The summed E-state index contributed by atoms with van der Waals surface area (Å²) in [6.45, 7) is 10.0. The predicted octanol–water partition coefficient (Wildman–Crippen LogP) is 2.49. The van der Waals surface area contributed by atoms with Gasteiger partial charge in [0.15, 0.2) is 0 Å². The first kappa shape index (κ1) is 44.4. The van der Waals surface area contributed by atoms with Crippen LogP contribution in [0.1, 0.15) is 20.8 Å². The van der Waals surface area contributed by atoms with Gasteiger partial charge in [0, 0.05) is 91.3 Å². The summed E-state index contributed by atoms with van der Waals surface area (Å²) in [6, 6.07) is 0. The zero-order valence-corrected chi connectivity index (χ0v) is 22.8. The summed E-state index contributed by atoms with van der Waals surface area (Å²) in [4.78, 5) is 0. The van der Waals surface area contributed by atoms with Crippen LogP contribution in [0.15, 0.2) is 5.11 Å². The van der Waals surface area contributed by atoms with Crippen LogP contribution >= 0.6 is 0 Å². The smallest absolute Gasteiger partial charge is 0.712 e. The third kappa shape index (κ3) is 277. The molecule has 78 valence electrons. The van der Waals surface area contributed by atoms with Crippen LogP contribution in [0.3, 0.4) is 0 Å². The van der Waals surface area contributed by atoms with Gasteiger partial charge in [0.25, 0.3) is 0 Å². The van der Waals surface area contributed by atoms with Crippen molar-refractivity contribution >= 4 is 0 Å². The Morgan fingerprint density at radius 3 is 1.00 bits per heavy atom. The van der Waals surface area contributed by atoms with E-state index < -0.39 is 0 Å². The maximum absolute atomic E-state index is 7.19. The van der Waals surface area contributed by atoms with E-state index in [1.54, 1.807) is 0 Å². The van der Waals surface area contributed by atoms with E-state index in [1.165, 1.54) is 7.05 Å². The summed E-state index contributed by atoms with van der Waals surface area (Å²) in [6.07, 6.45) is 0.